The predicted octanol–water partition coefficient (Wildman–Crippen LogP) is 4.94. The Morgan fingerprint density at radius 2 is 1.72 bits per heavy atom. The summed E-state index contributed by atoms with van der Waals surface area (Å²) in [5, 5.41) is 13.3. The lowest BCUT2D eigenvalue weighted by atomic mass is 10.1. The lowest BCUT2D eigenvalue weighted by Gasteiger charge is -2.12. The van der Waals surface area contributed by atoms with Crippen molar-refractivity contribution in [1.29, 1.82) is 0 Å². The number of methoxy groups -OCH3 is 1. The van der Waals surface area contributed by atoms with Crippen molar-refractivity contribution in [3.63, 3.8) is 0 Å². The van der Waals surface area contributed by atoms with E-state index in [0.717, 1.165) is 39.6 Å². The second-order valence-electron chi connectivity index (χ2n) is 8.18. The molecule has 0 atom stereocenters. The smallest absolute Gasteiger partial charge is 0.337 e. The van der Waals surface area contributed by atoms with Crippen LogP contribution in [0, 0.1) is 13.8 Å². The Hall–Kier alpha value is -3.25. The van der Waals surface area contributed by atoms with Crippen LogP contribution in [0.2, 0.25) is 0 Å². The number of nitrogens with one attached hydrogen (secondary N) is 1. The Morgan fingerprint density at radius 3 is 2.34 bits per heavy atom. The summed E-state index contributed by atoms with van der Waals surface area (Å²) in [4.78, 5) is 12.0. The molecule has 6 nitrogen and oxygen atoms in total. The van der Waals surface area contributed by atoms with Gasteiger partial charge >= 0.3 is 5.97 Å². The third-order valence-corrected chi connectivity index (χ3v) is 5.52. The highest BCUT2D eigenvalue weighted by Crippen LogP contribution is 2.25. The highest BCUT2D eigenvalue weighted by molar-refractivity contribution is 5.91. The predicted molar refractivity (Wildman–Crippen MR) is 126 cm³/mol. The van der Waals surface area contributed by atoms with E-state index in [1.165, 1.54) is 0 Å². The van der Waals surface area contributed by atoms with Gasteiger partial charge in [-0.2, -0.15) is 0 Å². The van der Waals surface area contributed by atoms with Gasteiger partial charge in [0.05, 0.1) is 18.8 Å². The molecule has 170 valence electrons. The molecule has 0 fully saturated rings. The number of rotatable bonds is 10. The van der Waals surface area contributed by atoms with Crippen LogP contribution >= 0.6 is 0 Å². The van der Waals surface area contributed by atoms with Crippen molar-refractivity contribution in [2.45, 2.75) is 53.4 Å². The van der Waals surface area contributed by atoms with E-state index < -0.39 is 5.97 Å². The zero-order valence-electron chi connectivity index (χ0n) is 19.4. The van der Waals surface area contributed by atoms with E-state index in [2.05, 4.69) is 9.88 Å². The van der Waals surface area contributed by atoms with E-state index in [1.54, 1.807) is 7.11 Å². The van der Waals surface area contributed by atoms with Gasteiger partial charge in [-0.25, -0.2) is 4.79 Å². The summed E-state index contributed by atoms with van der Waals surface area (Å²) in [6.45, 7) is 9.55. The lowest BCUT2D eigenvalue weighted by molar-refractivity contribution is 0.0694. The topological polar surface area (TPSA) is 72.7 Å². The van der Waals surface area contributed by atoms with E-state index in [0.29, 0.717) is 25.2 Å². The average Bonchev–Trinajstić information content (AvgIpc) is 2.99. The summed E-state index contributed by atoms with van der Waals surface area (Å²) in [6, 6.07) is 15.8. The molecule has 3 aromatic rings. The van der Waals surface area contributed by atoms with E-state index in [4.69, 9.17) is 9.47 Å². The number of carboxylic acid groups (broad SMARTS) is 1. The number of carboxylic acids is 1. The number of aromatic nitrogens is 1. The van der Waals surface area contributed by atoms with Crippen molar-refractivity contribution >= 4 is 5.97 Å². The fourth-order valence-corrected chi connectivity index (χ4v) is 3.93. The Kier molecular flexibility index (Phi) is 7.59. The quantitative estimate of drug-likeness (QED) is 0.471. The zero-order chi connectivity index (χ0) is 23.3. The standard InChI is InChI=1S/C26H32N2O4/c1-17(2)32-22-11-9-20(10-12-22)14-27-15-24-18(3)28(19(4)25(24)26(29)30)16-21-7-6-8-23(13-21)31-5/h6-13,17,27H,14-16H2,1-5H3,(H,29,30). The molecule has 0 amide bonds. The molecule has 0 saturated carbocycles. The molecule has 32 heavy (non-hydrogen) atoms. The third kappa shape index (κ3) is 5.51. The number of hydrogen-bond donors (Lipinski definition) is 2. The van der Waals surface area contributed by atoms with Gasteiger partial charge in [-0.15, -0.1) is 0 Å². The van der Waals surface area contributed by atoms with Crippen LogP contribution in [0.1, 0.15) is 52.3 Å². The molecule has 0 spiro atoms. The first-order valence-electron chi connectivity index (χ1n) is 10.8. The van der Waals surface area contributed by atoms with Gasteiger partial charge in [0.2, 0.25) is 0 Å². The minimum Gasteiger partial charge on any atom is -0.497 e. The van der Waals surface area contributed by atoms with Crippen molar-refractivity contribution in [2.24, 2.45) is 0 Å². The van der Waals surface area contributed by atoms with Crippen molar-refractivity contribution < 1.29 is 19.4 Å². The number of benzene rings is 2. The molecular weight excluding hydrogens is 404 g/mol. The average molecular weight is 437 g/mol. The summed E-state index contributed by atoms with van der Waals surface area (Å²) in [7, 11) is 1.64. The fourth-order valence-electron chi connectivity index (χ4n) is 3.93. The minimum absolute atomic E-state index is 0.139. The third-order valence-electron chi connectivity index (χ3n) is 5.52. The van der Waals surface area contributed by atoms with Crippen LogP contribution in [0.25, 0.3) is 0 Å². The molecule has 1 heterocycles. The maximum atomic E-state index is 12.0. The summed E-state index contributed by atoms with van der Waals surface area (Å²) >= 11 is 0. The van der Waals surface area contributed by atoms with Crippen LogP contribution < -0.4 is 14.8 Å². The number of carbonyl (C=O) groups is 1. The molecule has 0 radical (unpaired) electrons. The minimum atomic E-state index is -0.901. The van der Waals surface area contributed by atoms with E-state index in [-0.39, 0.29) is 6.10 Å². The molecule has 0 aliphatic carbocycles. The summed E-state index contributed by atoms with van der Waals surface area (Å²) in [6.07, 6.45) is 0.139. The van der Waals surface area contributed by atoms with Crippen molar-refractivity contribution in [1.82, 2.24) is 9.88 Å². The monoisotopic (exact) mass is 436 g/mol. The van der Waals surface area contributed by atoms with Gasteiger partial charge in [0.1, 0.15) is 11.5 Å². The molecule has 2 N–H and O–H groups in total. The molecule has 1 aromatic heterocycles. The van der Waals surface area contributed by atoms with Gasteiger partial charge in [0, 0.05) is 36.6 Å². The van der Waals surface area contributed by atoms with Crippen LogP contribution in [-0.2, 0) is 19.6 Å². The zero-order valence-corrected chi connectivity index (χ0v) is 19.4. The number of aromatic carboxylic acids is 1. The second kappa shape index (κ2) is 10.4. The highest BCUT2D eigenvalue weighted by Gasteiger charge is 2.22. The Bertz CT molecular complexity index is 1070. The first-order chi connectivity index (χ1) is 15.3. The summed E-state index contributed by atoms with van der Waals surface area (Å²) in [5.74, 6) is 0.732. The summed E-state index contributed by atoms with van der Waals surface area (Å²) < 4.78 is 13.1. The van der Waals surface area contributed by atoms with Crippen molar-refractivity contribution in [2.75, 3.05) is 7.11 Å². The molecule has 3 rings (SSSR count). The lowest BCUT2D eigenvalue weighted by Crippen LogP contribution is -2.15. The van der Waals surface area contributed by atoms with Gasteiger partial charge in [0.25, 0.3) is 0 Å². The van der Waals surface area contributed by atoms with Gasteiger partial charge in [-0.05, 0) is 63.1 Å². The molecule has 0 unspecified atom stereocenters. The first-order valence-corrected chi connectivity index (χ1v) is 10.8. The van der Waals surface area contributed by atoms with E-state index in [9.17, 15) is 9.90 Å². The Labute approximate surface area is 189 Å². The normalized spacial score (nSPS) is 11.1. The molecule has 0 aliphatic rings. The maximum Gasteiger partial charge on any atom is 0.337 e. The number of hydrogen-bond acceptors (Lipinski definition) is 4. The van der Waals surface area contributed by atoms with Crippen LogP contribution in [0.3, 0.4) is 0 Å². The number of ether oxygens (including phenoxy) is 2. The van der Waals surface area contributed by atoms with Crippen LogP contribution in [0.4, 0.5) is 0 Å². The Balaban J connectivity index is 1.75. The largest absolute Gasteiger partial charge is 0.497 e. The molecular formula is C26H32N2O4. The van der Waals surface area contributed by atoms with Gasteiger partial charge in [-0.3, -0.25) is 0 Å². The molecule has 0 bridgehead atoms. The Morgan fingerprint density at radius 1 is 1.00 bits per heavy atom. The SMILES string of the molecule is COc1cccc(Cn2c(C)c(CNCc3ccc(OC(C)C)cc3)c(C(=O)O)c2C)c1. The molecule has 0 saturated heterocycles. The second-order valence-corrected chi connectivity index (χ2v) is 8.18. The van der Waals surface area contributed by atoms with E-state index in [1.807, 2.05) is 76.2 Å². The number of nitrogens with zero attached hydrogens (tertiary/aromatic N) is 1. The van der Waals surface area contributed by atoms with Crippen LogP contribution in [0.15, 0.2) is 48.5 Å². The van der Waals surface area contributed by atoms with Gasteiger partial charge in [-0.1, -0.05) is 24.3 Å². The molecule has 0 aliphatic heterocycles. The maximum absolute atomic E-state index is 12.0. The first kappa shape index (κ1) is 23.4. The van der Waals surface area contributed by atoms with Crippen LogP contribution in [-0.4, -0.2) is 28.9 Å². The van der Waals surface area contributed by atoms with Crippen molar-refractivity contribution in [3.05, 3.63) is 82.2 Å². The van der Waals surface area contributed by atoms with Crippen molar-refractivity contribution in [3.8, 4) is 11.5 Å². The van der Waals surface area contributed by atoms with Gasteiger partial charge < -0.3 is 24.5 Å². The molecule has 2 aromatic carbocycles. The molecule has 6 heteroatoms. The van der Waals surface area contributed by atoms with Gasteiger partial charge in [0.15, 0.2) is 0 Å². The highest BCUT2D eigenvalue weighted by atomic mass is 16.5. The fraction of sp³-hybridized carbons (Fsp3) is 0.346. The van der Waals surface area contributed by atoms with E-state index >= 15 is 0 Å². The van der Waals surface area contributed by atoms with Crippen LogP contribution in [0.5, 0.6) is 11.5 Å². The summed E-state index contributed by atoms with van der Waals surface area (Å²) in [5.41, 5.74) is 5.07.